The maximum atomic E-state index is 3.42. The van der Waals surface area contributed by atoms with Gasteiger partial charge in [-0.05, 0) is 45.2 Å². The first-order valence-corrected chi connectivity index (χ1v) is 7.31. The molecule has 2 aromatic rings. The highest BCUT2D eigenvalue weighted by Crippen LogP contribution is 2.28. The Balaban J connectivity index is 2.29. The van der Waals surface area contributed by atoms with Gasteiger partial charge in [-0.3, -0.25) is 0 Å². The van der Waals surface area contributed by atoms with Gasteiger partial charge in [0.15, 0.2) is 0 Å². The van der Waals surface area contributed by atoms with Crippen LogP contribution in [0, 0.1) is 6.07 Å². The Labute approximate surface area is 123 Å². The fourth-order valence-corrected chi connectivity index (χ4v) is 2.23. The Hall–Kier alpha value is -1.56. The van der Waals surface area contributed by atoms with E-state index in [1.807, 2.05) is 0 Å². The molecule has 0 N–H and O–H groups in total. The van der Waals surface area contributed by atoms with Crippen molar-refractivity contribution in [3.05, 3.63) is 59.7 Å². The molecule has 0 nitrogen and oxygen atoms in total. The molecule has 0 amide bonds. The van der Waals surface area contributed by atoms with Crippen LogP contribution in [0.4, 0.5) is 0 Å². The van der Waals surface area contributed by atoms with Crippen molar-refractivity contribution in [3.63, 3.8) is 0 Å². The monoisotopic (exact) mass is 265 g/mol. The topological polar surface area (TPSA) is 0 Å². The van der Waals surface area contributed by atoms with Gasteiger partial charge in [-0.2, -0.15) is 0 Å². The highest BCUT2D eigenvalue weighted by Gasteiger charge is 2.15. The molecule has 0 saturated carbocycles. The fourth-order valence-electron chi connectivity index (χ4n) is 2.23. The minimum absolute atomic E-state index is 0.161. The predicted octanol–water partition coefficient (Wildman–Crippen LogP) is 5.75. The zero-order valence-corrected chi connectivity index (χ0v) is 13.5. The van der Waals surface area contributed by atoms with Gasteiger partial charge in [0.05, 0.1) is 0 Å². The average Bonchev–Trinajstić information content (AvgIpc) is 2.37. The molecular formula is C20H25. The van der Waals surface area contributed by atoms with Crippen LogP contribution in [0.2, 0.25) is 0 Å². The first-order valence-electron chi connectivity index (χ1n) is 7.31. The number of benzene rings is 2. The largest absolute Gasteiger partial charge is 0.0579 e. The standard InChI is InChI=1S/C20H25/c1-19(2,3)17-11-7-15(8-12-17)16-9-13-18(14-10-16)20(4,5)6/h7-13H,1-6H3. The van der Waals surface area contributed by atoms with Gasteiger partial charge in [-0.15, -0.1) is 0 Å². The third-order valence-corrected chi connectivity index (χ3v) is 3.71. The van der Waals surface area contributed by atoms with Gasteiger partial charge < -0.3 is 0 Å². The van der Waals surface area contributed by atoms with Crippen LogP contribution in [0.5, 0.6) is 0 Å². The van der Waals surface area contributed by atoms with E-state index in [1.54, 1.807) is 0 Å². The highest BCUT2D eigenvalue weighted by molar-refractivity contribution is 5.64. The molecular weight excluding hydrogens is 240 g/mol. The Morgan fingerprint density at radius 1 is 0.650 bits per heavy atom. The summed E-state index contributed by atoms with van der Waals surface area (Å²) in [6.07, 6.45) is 0. The van der Waals surface area contributed by atoms with Crippen molar-refractivity contribution < 1.29 is 0 Å². The second-order valence-corrected chi connectivity index (χ2v) is 7.57. The van der Waals surface area contributed by atoms with Gasteiger partial charge in [0.1, 0.15) is 0 Å². The van der Waals surface area contributed by atoms with Gasteiger partial charge in [0.25, 0.3) is 0 Å². The van der Waals surface area contributed by atoms with Gasteiger partial charge in [-0.25, -0.2) is 0 Å². The molecule has 1 radical (unpaired) electrons. The van der Waals surface area contributed by atoms with Crippen LogP contribution in [-0.4, -0.2) is 0 Å². The SMILES string of the molecule is CC(C)(C)c1[c]cc(-c2ccc(C(C)(C)C)cc2)cc1. The van der Waals surface area contributed by atoms with E-state index in [1.165, 1.54) is 22.3 Å². The molecule has 0 atom stereocenters. The van der Waals surface area contributed by atoms with Crippen LogP contribution < -0.4 is 0 Å². The van der Waals surface area contributed by atoms with Crippen LogP contribution in [0.25, 0.3) is 11.1 Å². The van der Waals surface area contributed by atoms with Gasteiger partial charge in [-0.1, -0.05) is 77.9 Å². The molecule has 0 aliphatic heterocycles. The lowest BCUT2D eigenvalue weighted by Crippen LogP contribution is -2.11. The summed E-state index contributed by atoms with van der Waals surface area (Å²) in [6, 6.07) is 18.8. The van der Waals surface area contributed by atoms with Gasteiger partial charge >= 0.3 is 0 Å². The van der Waals surface area contributed by atoms with Crippen molar-refractivity contribution in [2.75, 3.05) is 0 Å². The number of rotatable bonds is 1. The summed E-state index contributed by atoms with van der Waals surface area (Å²) in [5, 5.41) is 0. The lowest BCUT2D eigenvalue weighted by molar-refractivity contribution is 0.589. The summed E-state index contributed by atoms with van der Waals surface area (Å²) in [4.78, 5) is 0. The molecule has 0 heterocycles. The van der Waals surface area contributed by atoms with E-state index in [0.717, 1.165) is 0 Å². The van der Waals surface area contributed by atoms with Crippen molar-refractivity contribution in [2.24, 2.45) is 0 Å². The summed E-state index contributed by atoms with van der Waals surface area (Å²) in [5.41, 5.74) is 5.49. The van der Waals surface area contributed by atoms with Gasteiger partial charge in [0, 0.05) is 0 Å². The quantitative estimate of drug-likeness (QED) is 0.616. The molecule has 0 aromatic heterocycles. The molecule has 0 unspecified atom stereocenters. The van der Waals surface area contributed by atoms with E-state index in [-0.39, 0.29) is 10.8 Å². The summed E-state index contributed by atoms with van der Waals surface area (Å²) in [7, 11) is 0. The third-order valence-electron chi connectivity index (χ3n) is 3.71. The predicted molar refractivity (Wildman–Crippen MR) is 88.1 cm³/mol. The molecule has 0 spiro atoms. The zero-order valence-electron chi connectivity index (χ0n) is 13.5. The molecule has 2 rings (SSSR count). The molecule has 105 valence electrons. The summed E-state index contributed by atoms with van der Waals surface area (Å²) < 4.78 is 0. The maximum Gasteiger partial charge on any atom is -0.0126 e. The second kappa shape index (κ2) is 5.09. The lowest BCUT2D eigenvalue weighted by Gasteiger charge is -2.20. The molecule has 20 heavy (non-hydrogen) atoms. The van der Waals surface area contributed by atoms with E-state index in [4.69, 9.17) is 0 Å². The minimum atomic E-state index is 0.161. The third kappa shape index (κ3) is 3.30. The zero-order chi connectivity index (χ0) is 15.0. The van der Waals surface area contributed by atoms with Crippen molar-refractivity contribution in [3.8, 4) is 11.1 Å². The van der Waals surface area contributed by atoms with Crippen LogP contribution >= 0.6 is 0 Å². The Morgan fingerprint density at radius 2 is 1.20 bits per heavy atom. The van der Waals surface area contributed by atoms with Crippen LogP contribution in [0.15, 0.2) is 42.5 Å². The summed E-state index contributed by atoms with van der Waals surface area (Å²) >= 11 is 0. The Bertz CT molecular complexity index is 502. The Kier molecular flexibility index (Phi) is 3.77. The number of hydrogen-bond acceptors (Lipinski definition) is 0. The van der Waals surface area contributed by atoms with Crippen molar-refractivity contribution in [1.29, 1.82) is 0 Å². The normalized spacial score (nSPS) is 12.5. The molecule has 0 aliphatic rings. The smallest absolute Gasteiger partial charge is 0.0126 e. The van der Waals surface area contributed by atoms with E-state index < -0.39 is 0 Å². The lowest BCUT2D eigenvalue weighted by atomic mass is 9.85. The molecule has 0 heteroatoms. The van der Waals surface area contributed by atoms with Crippen LogP contribution in [0.3, 0.4) is 0 Å². The summed E-state index contributed by atoms with van der Waals surface area (Å²) in [6.45, 7) is 13.4. The van der Waals surface area contributed by atoms with Gasteiger partial charge in [0.2, 0.25) is 0 Å². The molecule has 0 bridgehead atoms. The van der Waals surface area contributed by atoms with E-state index in [2.05, 4.69) is 90.1 Å². The first kappa shape index (κ1) is 14.8. The van der Waals surface area contributed by atoms with E-state index in [0.29, 0.717) is 0 Å². The van der Waals surface area contributed by atoms with Crippen LogP contribution in [0.1, 0.15) is 52.7 Å². The molecule has 0 aliphatic carbocycles. The van der Waals surface area contributed by atoms with Crippen molar-refractivity contribution >= 4 is 0 Å². The Morgan fingerprint density at radius 3 is 1.60 bits per heavy atom. The first-order chi connectivity index (χ1) is 9.18. The van der Waals surface area contributed by atoms with Crippen LogP contribution in [-0.2, 0) is 10.8 Å². The average molecular weight is 265 g/mol. The molecule has 0 saturated heterocycles. The highest BCUT2D eigenvalue weighted by atomic mass is 14.2. The molecule has 0 fully saturated rings. The maximum absolute atomic E-state index is 3.42. The fraction of sp³-hybridized carbons (Fsp3) is 0.400. The minimum Gasteiger partial charge on any atom is -0.0579 e. The second-order valence-electron chi connectivity index (χ2n) is 7.57. The van der Waals surface area contributed by atoms with E-state index in [9.17, 15) is 0 Å². The number of hydrogen-bond donors (Lipinski definition) is 0. The van der Waals surface area contributed by atoms with Crippen molar-refractivity contribution in [1.82, 2.24) is 0 Å². The summed E-state index contributed by atoms with van der Waals surface area (Å²) in [5.74, 6) is 0. The molecule has 2 aromatic carbocycles. The van der Waals surface area contributed by atoms with E-state index >= 15 is 0 Å². The van der Waals surface area contributed by atoms with Crippen molar-refractivity contribution in [2.45, 2.75) is 52.4 Å².